The molecule has 0 bridgehead atoms. The van der Waals surface area contributed by atoms with E-state index < -0.39 is 35.1 Å². The minimum atomic E-state index is -1.12. The summed E-state index contributed by atoms with van der Waals surface area (Å²) in [5, 5.41) is 11.3. The zero-order chi connectivity index (χ0) is 27.8. The Balaban J connectivity index is 1.64. The van der Waals surface area contributed by atoms with Gasteiger partial charge in [0.15, 0.2) is 11.6 Å². The highest BCUT2D eigenvalue weighted by Gasteiger charge is 2.48. The largest absolute Gasteiger partial charge is 0.507 e. The first-order chi connectivity index (χ1) is 18.7. The summed E-state index contributed by atoms with van der Waals surface area (Å²) >= 11 is 0. The van der Waals surface area contributed by atoms with Crippen molar-refractivity contribution in [1.82, 2.24) is 9.97 Å². The van der Waals surface area contributed by atoms with E-state index in [4.69, 9.17) is 9.47 Å². The van der Waals surface area contributed by atoms with Gasteiger partial charge in [-0.2, -0.15) is 0 Å². The van der Waals surface area contributed by atoms with Crippen LogP contribution in [-0.4, -0.2) is 40.5 Å². The zero-order valence-electron chi connectivity index (χ0n) is 21.4. The fraction of sp³-hybridized carbons (Fsp3) is 0.207. The van der Waals surface area contributed by atoms with Crippen LogP contribution in [0.5, 0.6) is 11.5 Å². The van der Waals surface area contributed by atoms with Crippen LogP contribution in [0.15, 0.2) is 66.2 Å². The Morgan fingerprint density at radius 2 is 1.77 bits per heavy atom. The summed E-state index contributed by atoms with van der Waals surface area (Å²) in [6.45, 7) is 4.55. The van der Waals surface area contributed by atoms with Crippen molar-refractivity contribution < 1.29 is 33.0 Å². The molecule has 2 heterocycles. The molecule has 10 heteroatoms. The molecule has 5 rings (SSSR count). The van der Waals surface area contributed by atoms with Crippen LogP contribution in [-0.2, 0) is 9.59 Å². The number of fused-ring (bicyclic) bond motifs is 1. The van der Waals surface area contributed by atoms with Crippen molar-refractivity contribution in [2.45, 2.75) is 19.9 Å². The lowest BCUT2D eigenvalue weighted by atomic mass is 9.95. The van der Waals surface area contributed by atoms with E-state index in [1.165, 1.54) is 7.11 Å². The first-order valence-electron chi connectivity index (χ1n) is 12.2. The Hall–Kier alpha value is -4.73. The first-order valence-corrected chi connectivity index (χ1v) is 12.2. The summed E-state index contributed by atoms with van der Waals surface area (Å²) in [4.78, 5) is 34.9. The molecule has 1 saturated heterocycles. The number of hydrogen-bond acceptors (Lipinski definition) is 6. The Morgan fingerprint density at radius 3 is 2.46 bits per heavy atom. The number of aliphatic hydroxyl groups is 1. The number of ether oxygens (including phenoxy) is 2. The molecule has 1 aromatic heterocycles. The van der Waals surface area contributed by atoms with Gasteiger partial charge in [0.2, 0.25) is 5.95 Å². The average molecular weight is 534 g/mol. The van der Waals surface area contributed by atoms with Crippen LogP contribution >= 0.6 is 0 Å². The molecule has 8 nitrogen and oxygen atoms in total. The molecule has 1 unspecified atom stereocenters. The molecular formula is C29H25F2N3O5. The predicted molar refractivity (Wildman–Crippen MR) is 141 cm³/mol. The number of aliphatic hydroxyl groups excluding tert-OH is 1. The third-order valence-electron chi connectivity index (χ3n) is 6.30. The molecule has 0 spiro atoms. The van der Waals surface area contributed by atoms with E-state index in [0.717, 1.165) is 17.0 Å². The normalized spacial score (nSPS) is 16.9. The number of rotatable bonds is 7. The number of imidazole rings is 1. The highest BCUT2D eigenvalue weighted by molar-refractivity contribution is 6.51. The van der Waals surface area contributed by atoms with Crippen LogP contribution in [0.4, 0.5) is 14.7 Å². The quantitative estimate of drug-likeness (QED) is 0.184. The zero-order valence-corrected chi connectivity index (χ0v) is 21.4. The number of nitrogens with zero attached hydrogens (tertiary/aromatic N) is 2. The molecule has 0 aliphatic carbocycles. The maximum atomic E-state index is 13.8. The van der Waals surface area contributed by atoms with Gasteiger partial charge >= 0.3 is 5.91 Å². The number of nitrogens with one attached hydrogen (secondary N) is 1. The summed E-state index contributed by atoms with van der Waals surface area (Å²) in [5.74, 6) is -3.25. The molecule has 0 saturated carbocycles. The van der Waals surface area contributed by atoms with Gasteiger partial charge < -0.3 is 19.6 Å². The lowest BCUT2D eigenvalue weighted by molar-refractivity contribution is -0.132. The molecule has 1 fully saturated rings. The lowest BCUT2D eigenvalue weighted by Gasteiger charge is -2.23. The first kappa shape index (κ1) is 25.9. The second kappa shape index (κ2) is 10.2. The second-order valence-corrected chi connectivity index (χ2v) is 9.52. The van der Waals surface area contributed by atoms with Crippen LogP contribution in [0.1, 0.15) is 31.0 Å². The summed E-state index contributed by atoms with van der Waals surface area (Å²) in [5.41, 5.74) is 0.762. The summed E-state index contributed by atoms with van der Waals surface area (Å²) in [7, 11) is 1.47. The number of aromatic amines is 1. The van der Waals surface area contributed by atoms with E-state index in [-0.39, 0.29) is 22.6 Å². The van der Waals surface area contributed by atoms with Crippen LogP contribution in [0, 0.1) is 17.6 Å². The number of H-pyrrole nitrogens is 1. The van der Waals surface area contributed by atoms with Crippen molar-refractivity contribution in [3.63, 3.8) is 0 Å². The van der Waals surface area contributed by atoms with Crippen molar-refractivity contribution in [3.05, 3.63) is 89.0 Å². The number of amides is 1. The number of aromatic nitrogens is 2. The molecule has 200 valence electrons. The maximum Gasteiger partial charge on any atom is 0.302 e. The van der Waals surface area contributed by atoms with E-state index >= 15 is 0 Å². The van der Waals surface area contributed by atoms with E-state index in [0.29, 0.717) is 35.2 Å². The Labute approximate surface area is 222 Å². The minimum absolute atomic E-state index is 0.0622. The number of ketones is 1. The molecule has 2 N–H and O–H groups in total. The number of benzene rings is 3. The van der Waals surface area contributed by atoms with Crippen LogP contribution in [0.25, 0.3) is 16.8 Å². The topological polar surface area (TPSA) is 105 Å². The van der Waals surface area contributed by atoms with Crippen LogP contribution in [0.2, 0.25) is 0 Å². The number of carbonyl (C=O) groups excluding carboxylic acids is 2. The molecule has 0 radical (unpaired) electrons. The van der Waals surface area contributed by atoms with E-state index in [1.807, 2.05) is 13.8 Å². The van der Waals surface area contributed by atoms with Crippen molar-refractivity contribution >= 4 is 34.4 Å². The van der Waals surface area contributed by atoms with Crippen molar-refractivity contribution in [2.75, 3.05) is 18.6 Å². The van der Waals surface area contributed by atoms with E-state index in [1.54, 1.807) is 48.5 Å². The van der Waals surface area contributed by atoms with E-state index in [9.17, 15) is 23.5 Å². The molecular weight excluding hydrogens is 508 g/mol. The van der Waals surface area contributed by atoms with Gasteiger partial charge in [-0.15, -0.1) is 0 Å². The lowest BCUT2D eigenvalue weighted by Crippen LogP contribution is -2.30. The highest BCUT2D eigenvalue weighted by Crippen LogP contribution is 2.42. The van der Waals surface area contributed by atoms with Gasteiger partial charge in [0.25, 0.3) is 5.78 Å². The highest BCUT2D eigenvalue weighted by atomic mass is 19.2. The van der Waals surface area contributed by atoms with Crippen LogP contribution in [0.3, 0.4) is 0 Å². The predicted octanol–water partition coefficient (Wildman–Crippen LogP) is 5.51. The van der Waals surface area contributed by atoms with Crippen molar-refractivity contribution in [2.24, 2.45) is 5.92 Å². The third-order valence-corrected chi connectivity index (χ3v) is 6.30. The molecule has 3 aromatic carbocycles. The SMILES string of the molecule is COc1cccc(C2/C(=C(\O)c3ccc(OCC(C)C)cc3)C(=O)C(=O)N2c2nc3cc(F)c(F)cc3[nH]2)c1. The van der Waals surface area contributed by atoms with Gasteiger partial charge in [-0.05, 0) is 47.9 Å². The Bertz CT molecular complexity index is 1570. The fourth-order valence-electron chi connectivity index (χ4n) is 4.41. The van der Waals surface area contributed by atoms with Gasteiger partial charge in [-0.1, -0.05) is 26.0 Å². The molecule has 4 aromatic rings. The fourth-order valence-corrected chi connectivity index (χ4v) is 4.41. The van der Waals surface area contributed by atoms with Gasteiger partial charge in [0.05, 0.1) is 36.4 Å². The molecule has 1 aliphatic heterocycles. The second-order valence-electron chi connectivity index (χ2n) is 9.52. The minimum Gasteiger partial charge on any atom is -0.507 e. The maximum absolute atomic E-state index is 13.8. The molecule has 1 amide bonds. The number of hydrogen-bond donors (Lipinski definition) is 2. The van der Waals surface area contributed by atoms with Crippen molar-refractivity contribution in [3.8, 4) is 11.5 Å². The summed E-state index contributed by atoms with van der Waals surface area (Å²) < 4.78 is 38.7. The number of Topliss-reactive ketones (excluding diaryl/α,β-unsaturated/α-hetero) is 1. The van der Waals surface area contributed by atoms with Gasteiger partial charge in [0, 0.05) is 17.7 Å². The average Bonchev–Trinajstić information content (AvgIpc) is 3.44. The standard InChI is InChI=1S/C29H25F2N3O5/c1-15(2)14-39-18-9-7-16(8-10-18)26(35)24-25(17-5-4-6-19(11-17)38-3)34(28(37)27(24)36)29-32-22-12-20(30)21(31)13-23(22)33-29/h4-13,15,25,35H,14H2,1-3H3,(H,32,33)/b26-24+. The number of anilines is 1. The van der Waals surface area contributed by atoms with Crippen molar-refractivity contribution in [1.29, 1.82) is 0 Å². The number of halogens is 2. The monoisotopic (exact) mass is 533 g/mol. The molecule has 39 heavy (non-hydrogen) atoms. The molecule has 1 atom stereocenters. The summed E-state index contributed by atoms with van der Waals surface area (Å²) in [6.07, 6.45) is 0. The third kappa shape index (κ3) is 4.81. The molecule has 1 aliphatic rings. The Morgan fingerprint density at radius 1 is 1.05 bits per heavy atom. The van der Waals surface area contributed by atoms with Gasteiger partial charge in [-0.25, -0.2) is 13.8 Å². The number of carbonyl (C=O) groups is 2. The van der Waals surface area contributed by atoms with Gasteiger partial charge in [0.1, 0.15) is 17.3 Å². The Kier molecular flexibility index (Phi) is 6.78. The van der Waals surface area contributed by atoms with E-state index in [2.05, 4.69) is 9.97 Å². The summed E-state index contributed by atoms with van der Waals surface area (Å²) in [6, 6.07) is 13.9. The number of methoxy groups -OCH3 is 1. The van der Waals surface area contributed by atoms with Crippen LogP contribution < -0.4 is 14.4 Å². The van der Waals surface area contributed by atoms with Gasteiger partial charge in [-0.3, -0.25) is 14.5 Å². The smallest absolute Gasteiger partial charge is 0.302 e.